The first-order valence-electron chi connectivity index (χ1n) is 6.81. The first-order valence-corrected chi connectivity index (χ1v) is 7.98. The van der Waals surface area contributed by atoms with E-state index in [9.17, 15) is 4.79 Å². The van der Waals surface area contributed by atoms with E-state index in [1.807, 2.05) is 0 Å². The van der Waals surface area contributed by atoms with Gasteiger partial charge in [0.05, 0.1) is 5.02 Å². The van der Waals surface area contributed by atoms with Crippen LogP contribution in [0.25, 0.3) is 0 Å². The molecule has 1 aromatic rings. The Morgan fingerprint density at radius 1 is 1.42 bits per heavy atom. The zero-order valence-corrected chi connectivity index (χ0v) is 13.4. The fourth-order valence-electron chi connectivity index (χ4n) is 2.66. The Morgan fingerprint density at radius 2 is 2.16 bits per heavy atom. The van der Waals surface area contributed by atoms with Gasteiger partial charge in [-0.3, -0.25) is 4.79 Å². The highest BCUT2D eigenvalue weighted by atomic mass is 79.9. The summed E-state index contributed by atoms with van der Waals surface area (Å²) in [6, 6.07) is 5.26. The molecule has 0 aliphatic heterocycles. The van der Waals surface area contributed by atoms with Crippen LogP contribution in [0.4, 0.5) is 0 Å². The van der Waals surface area contributed by atoms with Crippen molar-refractivity contribution in [3.63, 3.8) is 0 Å². The molecule has 0 radical (unpaired) electrons. The van der Waals surface area contributed by atoms with Gasteiger partial charge in [0.1, 0.15) is 0 Å². The summed E-state index contributed by atoms with van der Waals surface area (Å²) < 4.78 is 0.757. The molecular weight excluding hydrogens is 326 g/mol. The minimum atomic E-state index is -0.0184. The fourth-order valence-corrected chi connectivity index (χ4v) is 3.16. The molecule has 0 spiro atoms. The van der Waals surface area contributed by atoms with Crippen LogP contribution in [0.3, 0.4) is 0 Å². The van der Waals surface area contributed by atoms with Crippen molar-refractivity contribution in [2.75, 3.05) is 6.54 Å². The average Bonchev–Trinajstić information content (AvgIpc) is 2.40. The molecule has 4 heteroatoms. The Bertz CT molecular complexity index is 463. The Morgan fingerprint density at radius 3 is 2.84 bits per heavy atom. The van der Waals surface area contributed by atoms with Crippen LogP contribution in [0, 0.1) is 11.8 Å². The van der Waals surface area contributed by atoms with Gasteiger partial charge in [-0.05, 0) is 52.4 Å². The highest BCUT2D eigenvalue weighted by molar-refractivity contribution is 9.10. The van der Waals surface area contributed by atoms with E-state index in [4.69, 9.17) is 11.6 Å². The lowest BCUT2D eigenvalue weighted by Crippen LogP contribution is -2.33. The third-order valence-electron chi connectivity index (χ3n) is 4.00. The molecule has 2 atom stereocenters. The maximum atomic E-state index is 12.1. The van der Waals surface area contributed by atoms with E-state index < -0.39 is 0 Å². The van der Waals surface area contributed by atoms with Crippen molar-refractivity contribution in [1.82, 2.24) is 5.32 Å². The van der Waals surface area contributed by atoms with Crippen LogP contribution in [0.2, 0.25) is 5.02 Å². The largest absolute Gasteiger partial charge is 0.352 e. The number of benzene rings is 1. The van der Waals surface area contributed by atoms with E-state index in [1.165, 1.54) is 25.7 Å². The predicted octanol–water partition coefficient (Wildman–Crippen LogP) is 4.66. The van der Waals surface area contributed by atoms with Gasteiger partial charge in [-0.2, -0.15) is 0 Å². The number of hydrogen-bond donors (Lipinski definition) is 1. The molecule has 1 aromatic carbocycles. The molecule has 2 rings (SSSR count). The van der Waals surface area contributed by atoms with Crippen LogP contribution in [0.1, 0.15) is 43.0 Å². The smallest absolute Gasteiger partial charge is 0.251 e. The lowest BCUT2D eigenvalue weighted by atomic mass is 9.80. The van der Waals surface area contributed by atoms with Crippen LogP contribution in [0.5, 0.6) is 0 Å². The van der Waals surface area contributed by atoms with E-state index in [1.54, 1.807) is 18.2 Å². The molecule has 1 aliphatic carbocycles. The van der Waals surface area contributed by atoms with Gasteiger partial charge in [-0.1, -0.05) is 37.8 Å². The second kappa shape index (κ2) is 6.76. The average molecular weight is 345 g/mol. The van der Waals surface area contributed by atoms with E-state index in [2.05, 4.69) is 28.2 Å². The number of hydrogen-bond acceptors (Lipinski definition) is 1. The molecule has 0 heterocycles. The van der Waals surface area contributed by atoms with Crippen molar-refractivity contribution < 1.29 is 4.79 Å². The summed E-state index contributed by atoms with van der Waals surface area (Å²) in [6.45, 7) is 3.06. The molecular formula is C15H19BrClNO. The molecule has 1 amide bonds. The van der Waals surface area contributed by atoms with Gasteiger partial charge >= 0.3 is 0 Å². The summed E-state index contributed by atoms with van der Waals surface area (Å²) in [7, 11) is 0. The third-order valence-corrected chi connectivity index (χ3v) is 5.21. The molecule has 2 unspecified atom stereocenters. The summed E-state index contributed by atoms with van der Waals surface area (Å²) in [4.78, 5) is 12.1. The van der Waals surface area contributed by atoms with Crippen LogP contribution >= 0.6 is 27.5 Å². The molecule has 0 aromatic heterocycles. The van der Waals surface area contributed by atoms with Gasteiger partial charge in [-0.25, -0.2) is 0 Å². The van der Waals surface area contributed by atoms with E-state index in [-0.39, 0.29) is 5.91 Å². The Balaban J connectivity index is 1.91. The lowest BCUT2D eigenvalue weighted by Gasteiger charge is -2.28. The van der Waals surface area contributed by atoms with Crippen LogP contribution in [0.15, 0.2) is 22.7 Å². The standard InChI is InChI=1S/C15H19BrClNO/c1-10-4-2-3-5-12(10)9-18-15(19)11-6-7-14(17)13(16)8-11/h6-8,10,12H,2-5,9H2,1H3,(H,18,19). The van der Waals surface area contributed by atoms with E-state index >= 15 is 0 Å². The summed E-state index contributed by atoms with van der Waals surface area (Å²) in [5.41, 5.74) is 0.653. The maximum absolute atomic E-state index is 12.1. The van der Waals surface area contributed by atoms with Gasteiger partial charge in [0, 0.05) is 16.6 Å². The summed E-state index contributed by atoms with van der Waals surface area (Å²) in [5, 5.41) is 3.67. The predicted molar refractivity (Wildman–Crippen MR) is 82.6 cm³/mol. The van der Waals surface area contributed by atoms with E-state index in [0.717, 1.165) is 11.0 Å². The number of carbonyl (C=O) groups is 1. The van der Waals surface area contributed by atoms with Crippen molar-refractivity contribution in [2.45, 2.75) is 32.6 Å². The monoisotopic (exact) mass is 343 g/mol. The first-order chi connectivity index (χ1) is 9.08. The molecule has 1 saturated carbocycles. The summed E-state index contributed by atoms with van der Waals surface area (Å²) in [6.07, 6.45) is 5.13. The van der Waals surface area contributed by atoms with Crippen molar-refractivity contribution in [3.05, 3.63) is 33.3 Å². The quantitative estimate of drug-likeness (QED) is 0.849. The summed E-state index contributed by atoms with van der Waals surface area (Å²) in [5.74, 6) is 1.31. The molecule has 19 heavy (non-hydrogen) atoms. The topological polar surface area (TPSA) is 29.1 Å². The zero-order valence-electron chi connectivity index (χ0n) is 11.1. The first kappa shape index (κ1) is 14.9. The number of amides is 1. The highest BCUT2D eigenvalue weighted by Gasteiger charge is 2.21. The van der Waals surface area contributed by atoms with E-state index in [0.29, 0.717) is 22.4 Å². The number of halogens is 2. The van der Waals surface area contributed by atoms with Gasteiger partial charge < -0.3 is 5.32 Å². The van der Waals surface area contributed by atoms with Crippen LogP contribution in [-0.2, 0) is 0 Å². The van der Waals surface area contributed by atoms with Gasteiger partial charge in [0.25, 0.3) is 5.91 Å². The number of nitrogens with one attached hydrogen (secondary N) is 1. The third kappa shape index (κ3) is 3.96. The second-order valence-electron chi connectivity index (χ2n) is 5.36. The molecule has 104 valence electrons. The van der Waals surface area contributed by atoms with Gasteiger partial charge in [0.2, 0.25) is 0 Å². The zero-order chi connectivity index (χ0) is 13.8. The molecule has 2 nitrogen and oxygen atoms in total. The molecule has 0 bridgehead atoms. The van der Waals surface area contributed by atoms with Crippen molar-refractivity contribution >= 4 is 33.4 Å². The highest BCUT2D eigenvalue weighted by Crippen LogP contribution is 2.29. The Kier molecular flexibility index (Phi) is 5.28. The van der Waals surface area contributed by atoms with Crippen molar-refractivity contribution in [2.24, 2.45) is 11.8 Å². The fraction of sp³-hybridized carbons (Fsp3) is 0.533. The summed E-state index contributed by atoms with van der Waals surface area (Å²) >= 11 is 9.26. The van der Waals surface area contributed by atoms with Gasteiger partial charge in [0.15, 0.2) is 0 Å². The number of carbonyl (C=O) groups excluding carboxylic acids is 1. The van der Waals surface area contributed by atoms with Crippen LogP contribution in [-0.4, -0.2) is 12.5 Å². The van der Waals surface area contributed by atoms with Crippen LogP contribution < -0.4 is 5.32 Å². The molecule has 1 N–H and O–H groups in total. The van der Waals surface area contributed by atoms with Crippen molar-refractivity contribution in [3.8, 4) is 0 Å². The minimum Gasteiger partial charge on any atom is -0.352 e. The second-order valence-corrected chi connectivity index (χ2v) is 6.62. The normalized spacial score (nSPS) is 23.1. The minimum absolute atomic E-state index is 0.0184. The lowest BCUT2D eigenvalue weighted by molar-refractivity contribution is 0.0936. The molecule has 1 fully saturated rings. The van der Waals surface area contributed by atoms with Gasteiger partial charge in [-0.15, -0.1) is 0 Å². The Labute approximate surface area is 128 Å². The molecule has 0 saturated heterocycles. The maximum Gasteiger partial charge on any atom is 0.251 e. The Hall–Kier alpha value is -0.540. The molecule has 1 aliphatic rings. The van der Waals surface area contributed by atoms with Crippen molar-refractivity contribution in [1.29, 1.82) is 0 Å². The number of rotatable bonds is 3. The SMILES string of the molecule is CC1CCCCC1CNC(=O)c1ccc(Cl)c(Br)c1.